The summed E-state index contributed by atoms with van der Waals surface area (Å²) in [5.74, 6) is 2.02. The molecule has 2 aliphatic rings. The first kappa shape index (κ1) is 15.6. The van der Waals surface area contributed by atoms with Crippen LogP contribution in [0.3, 0.4) is 0 Å². The van der Waals surface area contributed by atoms with Gasteiger partial charge in [-0.3, -0.25) is 0 Å². The quantitative estimate of drug-likeness (QED) is 0.925. The van der Waals surface area contributed by atoms with E-state index in [1.54, 1.807) is 13.8 Å². The summed E-state index contributed by atoms with van der Waals surface area (Å²) < 4.78 is 26.2. The molecule has 4 heteroatoms. The molecule has 2 aliphatic heterocycles. The van der Waals surface area contributed by atoms with Crippen molar-refractivity contribution in [1.82, 2.24) is 5.32 Å². The van der Waals surface area contributed by atoms with Crippen molar-refractivity contribution in [2.75, 3.05) is 26.3 Å². The normalized spacial score (nSPS) is 22.2. The maximum Gasteiger partial charge on any atom is 0.161 e. The van der Waals surface area contributed by atoms with E-state index in [1.165, 1.54) is 12.8 Å². The van der Waals surface area contributed by atoms with Gasteiger partial charge in [-0.2, -0.15) is 0 Å². The summed E-state index contributed by atoms with van der Waals surface area (Å²) in [5, 5.41) is 3.44. The van der Waals surface area contributed by atoms with Crippen molar-refractivity contribution in [1.29, 1.82) is 0 Å². The summed E-state index contributed by atoms with van der Waals surface area (Å²) in [6.45, 7) is 6.64. The minimum absolute atomic E-state index is 0.569. The van der Waals surface area contributed by atoms with Crippen molar-refractivity contribution in [3.8, 4) is 11.5 Å². The Morgan fingerprint density at radius 2 is 1.91 bits per heavy atom. The fraction of sp³-hybridized carbons (Fsp3) is 0.667. The number of hydrogen-bond acceptors (Lipinski definition) is 3. The third kappa shape index (κ3) is 3.54. The monoisotopic (exact) mass is 307 g/mol. The second-order valence-electron chi connectivity index (χ2n) is 6.90. The Balaban J connectivity index is 1.93. The Morgan fingerprint density at radius 3 is 2.55 bits per heavy atom. The lowest BCUT2D eigenvalue weighted by Gasteiger charge is -2.27. The third-order valence-electron chi connectivity index (χ3n) is 4.52. The van der Waals surface area contributed by atoms with Crippen molar-refractivity contribution < 1.29 is 13.9 Å². The maximum absolute atomic E-state index is 14.7. The van der Waals surface area contributed by atoms with Crippen LogP contribution >= 0.6 is 0 Å². The van der Waals surface area contributed by atoms with E-state index >= 15 is 0 Å². The van der Waals surface area contributed by atoms with Crippen LogP contribution in [0.1, 0.15) is 44.2 Å². The van der Waals surface area contributed by atoms with E-state index in [4.69, 9.17) is 9.47 Å². The molecule has 0 aromatic heterocycles. The van der Waals surface area contributed by atoms with Crippen LogP contribution in [-0.4, -0.2) is 26.3 Å². The van der Waals surface area contributed by atoms with Gasteiger partial charge in [0.25, 0.3) is 0 Å². The van der Waals surface area contributed by atoms with Gasteiger partial charge < -0.3 is 14.8 Å². The molecule has 0 radical (unpaired) electrons. The number of rotatable bonds is 3. The largest absolute Gasteiger partial charge is 0.490 e. The number of halogens is 1. The van der Waals surface area contributed by atoms with Gasteiger partial charge in [-0.25, -0.2) is 4.39 Å². The molecule has 1 aromatic carbocycles. The van der Waals surface area contributed by atoms with Crippen LogP contribution < -0.4 is 14.8 Å². The molecule has 2 heterocycles. The Labute approximate surface area is 132 Å². The van der Waals surface area contributed by atoms with E-state index in [2.05, 4.69) is 5.32 Å². The average molecular weight is 307 g/mol. The summed E-state index contributed by atoms with van der Waals surface area (Å²) in [6.07, 6.45) is 4.16. The molecule has 1 N–H and O–H groups in total. The first-order valence-corrected chi connectivity index (χ1v) is 8.36. The van der Waals surface area contributed by atoms with Crippen LogP contribution in [0, 0.1) is 5.92 Å². The fourth-order valence-electron chi connectivity index (χ4n) is 3.38. The summed E-state index contributed by atoms with van der Waals surface area (Å²) in [4.78, 5) is 0. The van der Waals surface area contributed by atoms with E-state index in [0.717, 1.165) is 42.8 Å². The third-order valence-corrected chi connectivity index (χ3v) is 4.52. The first-order valence-electron chi connectivity index (χ1n) is 8.36. The van der Waals surface area contributed by atoms with Crippen molar-refractivity contribution in [2.45, 2.75) is 45.2 Å². The molecule has 1 atom stereocenters. The fourth-order valence-corrected chi connectivity index (χ4v) is 3.38. The number of alkyl halides is 1. The van der Waals surface area contributed by atoms with Crippen LogP contribution in [0.25, 0.3) is 0 Å². The van der Waals surface area contributed by atoms with Crippen LogP contribution in [-0.2, 0) is 12.1 Å². The molecule has 0 bridgehead atoms. The molecule has 1 saturated heterocycles. The minimum Gasteiger partial charge on any atom is -0.490 e. The molecule has 0 amide bonds. The zero-order chi connectivity index (χ0) is 15.6. The summed E-state index contributed by atoms with van der Waals surface area (Å²) >= 11 is 0. The molecular weight excluding hydrogens is 281 g/mol. The Hall–Kier alpha value is -1.29. The maximum atomic E-state index is 14.7. The van der Waals surface area contributed by atoms with Crippen LogP contribution in [0.15, 0.2) is 12.1 Å². The Bertz CT molecular complexity index is 519. The molecule has 22 heavy (non-hydrogen) atoms. The molecule has 0 aliphatic carbocycles. The number of piperidine rings is 1. The lowest BCUT2D eigenvalue weighted by Crippen LogP contribution is -2.31. The Kier molecular flexibility index (Phi) is 4.57. The summed E-state index contributed by atoms with van der Waals surface area (Å²) in [7, 11) is 0. The zero-order valence-corrected chi connectivity index (χ0v) is 13.6. The summed E-state index contributed by atoms with van der Waals surface area (Å²) in [5.41, 5.74) is 0.426. The van der Waals surface area contributed by atoms with E-state index in [0.29, 0.717) is 24.9 Å². The van der Waals surface area contributed by atoms with Crippen LogP contribution in [0.5, 0.6) is 11.5 Å². The standard InChI is InChI=1S/C18H26FNO2/c1-18(2,19)15-11-17-16(21-7-4-8-22-17)10-14(15)9-13-5-3-6-20-12-13/h10-11,13,20H,3-9,12H2,1-2H3. The molecule has 1 unspecified atom stereocenters. The minimum atomic E-state index is -1.37. The van der Waals surface area contributed by atoms with Gasteiger partial charge in [0.05, 0.1) is 13.2 Å². The van der Waals surface area contributed by atoms with E-state index < -0.39 is 5.67 Å². The average Bonchev–Trinajstić information content (AvgIpc) is 2.71. The van der Waals surface area contributed by atoms with Gasteiger partial charge in [0, 0.05) is 6.42 Å². The molecule has 3 nitrogen and oxygen atoms in total. The second kappa shape index (κ2) is 6.45. The lowest BCUT2D eigenvalue weighted by atomic mass is 9.86. The highest BCUT2D eigenvalue weighted by Crippen LogP contribution is 2.39. The number of hydrogen-bond donors (Lipinski definition) is 1. The number of ether oxygens (including phenoxy) is 2. The van der Waals surface area contributed by atoms with Crippen LogP contribution in [0.4, 0.5) is 4.39 Å². The predicted molar refractivity (Wildman–Crippen MR) is 85.5 cm³/mol. The molecule has 0 saturated carbocycles. The molecule has 0 spiro atoms. The molecule has 122 valence electrons. The number of fused-ring (bicyclic) bond motifs is 1. The van der Waals surface area contributed by atoms with Crippen molar-refractivity contribution in [3.05, 3.63) is 23.3 Å². The van der Waals surface area contributed by atoms with E-state index in [9.17, 15) is 4.39 Å². The van der Waals surface area contributed by atoms with Gasteiger partial charge in [0.1, 0.15) is 5.67 Å². The van der Waals surface area contributed by atoms with Crippen molar-refractivity contribution in [2.24, 2.45) is 5.92 Å². The van der Waals surface area contributed by atoms with Gasteiger partial charge in [0.2, 0.25) is 0 Å². The van der Waals surface area contributed by atoms with Crippen LogP contribution in [0.2, 0.25) is 0 Å². The van der Waals surface area contributed by atoms with Gasteiger partial charge in [-0.05, 0) is 75.4 Å². The Morgan fingerprint density at radius 1 is 1.18 bits per heavy atom. The van der Waals surface area contributed by atoms with Crippen molar-refractivity contribution in [3.63, 3.8) is 0 Å². The van der Waals surface area contributed by atoms with E-state index in [1.807, 2.05) is 12.1 Å². The summed E-state index contributed by atoms with van der Waals surface area (Å²) in [6, 6.07) is 3.86. The van der Waals surface area contributed by atoms with Gasteiger partial charge >= 0.3 is 0 Å². The number of benzene rings is 1. The lowest BCUT2D eigenvalue weighted by molar-refractivity contribution is 0.217. The highest BCUT2D eigenvalue weighted by Gasteiger charge is 2.27. The predicted octanol–water partition coefficient (Wildman–Crippen LogP) is 3.59. The zero-order valence-electron chi connectivity index (χ0n) is 13.6. The van der Waals surface area contributed by atoms with Crippen molar-refractivity contribution >= 4 is 0 Å². The highest BCUT2D eigenvalue weighted by atomic mass is 19.1. The van der Waals surface area contributed by atoms with E-state index in [-0.39, 0.29) is 0 Å². The first-order chi connectivity index (χ1) is 10.5. The number of nitrogens with one attached hydrogen (secondary N) is 1. The van der Waals surface area contributed by atoms with Gasteiger partial charge in [-0.1, -0.05) is 0 Å². The molecular formula is C18H26FNO2. The smallest absolute Gasteiger partial charge is 0.161 e. The highest BCUT2D eigenvalue weighted by molar-refractivity contribution is 5.49. The van der Waals surface area contributed by atoms with Gasteiger partial charge in [0.15, 0.2) is 11.5 Å². The molecule has 1 fully saturated rings. The topological polar surface area (TPSA) is 30.5 Å². The molecule has 3 rings (SSSR count). The molecule has 1 aromatic rings. The van der Waals surface area contributed by atoms with Gasteiger partial charge in [-0.15, -0.1) is 0 Å². The second-order valence-corrected chi connectivity index (χ2v) is 6.90. The SMILES string of the molecule is CC(C)(F)c1cc2c(cc1CC1CCCNC1)OCCCO2.